The summed E-state index contributed by atoms with van der Waals surface area (Å²) in [5.74, 6) is 0.135. The molecule has 1 saturated carbocycles. The fourth-order valence-electron chi connectivity index (χ4n) is 3.28. The van der Waals surface area contributed by atoms with E-state index in [-0.39, 0.29) is 11.9 Å². The van der Waals surface area contributed by atoms with Crippen molar-refractivity contribution in [3.63, 3.8) is 0 Å². The molecule has 1 N–H and O–H groups in total. The fraction of sp³-hybridized carbons (Fsp3) is 0.588. The van der Waals surface area contributed by atoms with Gasteiger partial charge in [0.05, 0.1) is 0 Å². The number of aromatic nitrogens is 1. The highest BCUT2D eigenvalue weighted by Crippen LogP contribution is 2.35. The van der Waals surface area contributed by atoms with E-state index < -0.39 is 11.5 Å². The second-order valence-electron chi connectivity index (χ2n) is 6.49. The average molecular weight is 317 g/mol. The molecule has 6 nitrogen and oxygen atoms in total. The Kier molecular flexibility index (Phi) is 4.24. The van der Waals surface area contributed by atoms with Crippen LogP contribution in [0, 0.1) is 0 Å². The molecule has 1 aromatic heterocycles. The molecule has 1 fully saturated rings. The van der Waals surface area contributed by atoms with Crippen molar-refractivity contribution in [3.8, 4) is 5.75 Å². The van der Waals surface area contributed by atoms with Crippen LogP contribution in [0.4, 0.5) is 5.82 Å². The van der Waals surface area contributed by atoms with Crippen molar-refractivity contribution in [2.75, 3.05) is 11.9 Å². The predicted octanol–water partition coefficient (Wildman–Crippen LogP) is 2.03. The van der Waals surface area contributed by atoms with Gasteiger partial charge in [-0.2, -0.15) is 0 Å². The third-order valence-corrected chi connectivity index (χ3v) is 4.72. The first-order valence-electron chi connectivity index (χ1n) is 8.25. The lowest BCUT2D eigenvalue weighted by atomic mass is 9.99. The van der Waals surface area contributed by atoms with E-state index in [0.717, 1.165) is 25.7 Å². The summed E-state index contributed by atoms with van der Waals surface area (Å²) in [6.45, 7) is 1.54. The lowest BCUT2D eigenvalue weighted by Crippen LogP contribution is -2.62. The van der Waals surface area contributed by atoms with Crippen molar-refractivity contribution < 1.29 is 14.3 Å². The summed E-state index contributed by atoms with van der Waals surface area (Å²) in [5.41, 5.74) is -1.54. The maximum absolute atomic E-state index is 12.8. The molecule has 124 valence electrons. The Morgan fingerprint density at radius 3 is 2.74 bits per heavy atom. The maximum atomic E-state index is 12.8. The molecule has 2 amide bonds. The third-order valence-electron chi connectivity index (χ3n) is 4.72. The normalized spacial score (nSPS) is 25.3. The van der Waals surface area contributed by atoms with Crippen LogP contribution in [0.3, 0.4) is 0 Å². The van der Waals surface area contributed by atoms with E-state index in [0.29, 0.717) is 11.6 Å². The number of rotatable bonds is 2. The summed E-state index contributed by atoms with van der Waals surface area (Å²) in [4.78, 5) is 31.0. The summed E-state index contributed by atoms with van der Waals surface area (Å²) < 4.78 is 5.77. The van der Waals surface area contributed by atoms with E-state index in [1.807, 2.05) is 0 Å². The van der Waals surface area contributed by atoms with Gasteiger partial charge in [-0.3, -0.25) is 14.5 Å². The molecule has 0 radical (unpaired) electrons. The van der Waals surface area contributed by atoms with Gasteiger partial charge in [0.1, 0.15) is 0 Å². The van der Waals surface area contributed by atoms with Gasteiger partial charge < -0.3 is 10.1 Å². The molecule has 1 atom stereocenters. The number of nitrogens with one attached hydrogen (secondary N) is 1. The van der Waals surface area contributed by atoms with Crippen LogP contribution in [0.5, 0.6) is 5.75 Å². The van der Waals surface area contributed by atoms with Gasteiger partial charge in [-0.05, 0) is 31.9 Å². The molecule has 23 heavy (non-hydrogen) atoms. The van der Waals surface area contributed by atoms with Gasteiger partial charge in [-0.15, -0.1) is 0 Å². The molecule has 2 heterocycles. The number of carbonyl (C=O) groups is 2. The molecule has 3 rings (SSSR count). The number of pyridine rings is 1. The summed E-state index contributed by atoms with van der Waals surface area (Å²) >= 11 is 0. The molecule has 0 unspecified atom stereocenters. The molecule has 2 aliphatic rings. The van der Waals surface area contributed by atoms with E-state index in [4.69, 9.17) is 4.74 Å². The van der Waals surface area contributed by atoms with Crippen molar-refractivity contribution >= 4 is 17.6 Å². The van der Waals surface area contributed by atoms with Crippen molar-refractivity contribution in [2.45, 2.75) is 57.1 Å². The Bertz CT molecular complexity index is 611. The minimum absolute atomic E-state index is 0.124. The highest BCUT2D eigenvalue weighted by atomic mass is 16.5. The van der Waals surface area contributed by atoms with Crippen molar-refractivity contribution in [1.82, 2.24) is 10.3 Å². The van der Waals surface area contributed by atoms with Crippen molar-refractivity contribution in [1.29, 1.82) is 0 Å². The zero-order valence-electron chi connectivity index (χ0n) is 13.7. The lowest BCUT2D eigenvalue weighted by Gasteiger charge is -2.37. The predicted molar refractivity (Wildman–Crippen MR) is 86.3 cm³/mol. The number of hydrogen-bond donors (Lipinski definition) is 1. The number of fused-ring (bicyclic) bond motifs is 1. The van der Waals surface area contributed by atoms with E-state index in [2.05, 4.69) is 10.3 Å². The summed E-state index contributed by atoms with van der Waals surface area (Å²) in [6.07, 6.45) is 8.17. The summed E-state index contributed by atoms with van der Waals surface area (Å²) in [6, 6.07) is 3.58. The minimum Gasteiger partial charge on any atom is -0.464 e. The number of nitrogens with zero attached hydrogens (tertiary/aromatic N) is 2. The van der Waals surface area contributed by atoms with E-state index in [1.54, 1.807) is 25.4 Å². The maximum Gasteiger partial charge on any atom is 0.281 e. The van der Waals surface area contributed by atoms with Gasteiger partial charge in [0.15, 0.2) is 11.6 Å². The Hall–Kier alpha value is -2.11. The van der Waals surface area contributed by atoms with Crippen molar-refractivity contribution in [2.24, 2.45) is 0 Å². The van der Waals surface area contributed by atoms with E-state index >= 15 is 0 Å². The molecule has 1 aliphatic carbocycles. The smallest absolute Gasteiger partial charge is 0.281 e. The molecule has 6 heteroatoms. The molecule has 1 aromatic rings. The van der Waals surface area contributed by atoms with Gasteiger partial charge in [-0.25, -0.2) is 4.98 Å². The Labute approximate surface area is 136 Å². The SMILES string of the molecule is CN1C(=O)[C@](C)(C(=O)NC2CCCCCC2)Oc2cccnc21. The molecule has 0 saturated heterocycles. The first kappa shape index (κ1) is 15.8. The van der Waals surface area contributed by atoms with Crippen LogP contribution in [-0.4, -0.2) is 35.5 Å². The number of likely N-dealkylation sites (N-methyl/N-ethyl adjacent to an activating group) is 1. The second kappa shape index (κ2) is 6.18. The molecule has 0 spiro atoms. The largest absolute Gasteiger partial charge is 0.464 e. The third kappa shape index (κ3) is 2.90. The first-order chi connectivity index (χ1) is 11.0. The standard InChI is InChI=1S/C17H23N3O3/c1-17(15(21)19-12-8-5-3-4-6-9-12)16(22)20(2)14-13(23-17)10-7-11-18-14/h7,10-12H,3-6,8-9H2,1-2H3,(H,19,21)/t17-/m0/s1. The molecule has 1 aliphatic heterocycles. The minimum atomic E-state index is -1.54. The van der Waals surface area contributed by atoms with Gasteiger partial charge in [0, 0.05) is 19.3 Å². The van der Waals surface area contributed by atoms with Crippen LogP contribution in [0.25, 0.3) is 0 Å². The highest BCUT2D eigenvalue weighted by Gasteiger charge is 2.50. The monoisotopic (exact) mass is 317 g/mol. The second-order valence-corrected chi connectivity index (χ2v) is 6.49. The van der Waals surface area contributed by atoms with Gasteiger partial charge in [0.25, 0.3) is 17.4 Å². The quantitative estimate of drug-likeness (QED) is 0.669. The number of anilines is 1. The van der Waals surface area contributed by atoms with Crippen molar-refractivity contribution in [3.05, 3.63) is 18.3 Å². The van der Waals surface area contributed by atoms with Crippen LogP contribution in [0.15, 0.2) is 18.3 Å². The molecular formula is C17H23N3O3. The summed E-state index contributed by atoms with van der Waals surface area (Å²) in [7, 11) is 1.62. The average Bonchev–Trinajstić information content (AvgIpc) is 2.81. The molecule has 0 bridgehead atoms. The number of amides is 2. The Morgan fingerprint density at radius 2 is 2.04 bits per heavy atom. The van der Waals surface area contributed by atoms with E-state index in [9.17, 15) is 9.59 Å². The lowest BCUT2D eigenvalue weighted by molar-refractivity contribution is -0.148. The topological polar surface area (TPSA) is 71.5 Å². The first-order valence-corrected chi connectivity index (χ1v) is 8.25. The fourth-order valence-corrected chi connectivity index (χ4v) is 3.28. The van der Waals surface area contributed by atoms with Crippen LogP contribution in [-0.2, 0) is 9.59 Å². The number of hydrogen-bond acceptors (Lipinski definition) is 4. The number of carbonyl (C=O) groups excluding carboxylic acids is 2. The summed E-state index contributed by atoms with van der Waals surface area (Å²) in [5, 5.41) is 3.02. The van der Waals surface area contributed by atoms with Crippen LogP contribution < -0.4 is 15.0 Å². The Morgan fingerprint density at radius 1 is 1.35 bits per heavy atom. The van der Waals surface area contributed by atoms with Crippen LogP contribution in [0.1, 0.15) is 45.4 Å². The van der Waals surface area contributed by atoms with Gasteiger partial charge in [-0.1, -0.05) is 25.7 Å². The van der Waals surface area contributed by atoms with Crippen LogP contribution in [0.2, 0.25) is 0 Å². The zero-order valence-corrected chi connectivity index (χ0v) is 13.7. The molecular weight excluding hydrogens is 294 g/mol. The zero-order chi connectivity index (χ0) is 16.4. The van der Waals surface area contributed by atoms with E-state index in [1.165, 1.54) is 24.7 Å². The number of ether oxygens (including phenoxy) is 1. The van der Waals surface area contributed by atoms with Gasteiger partial charge in [0.2, 0.25) is 0 Å². The highest BCUT2D eigenvalue weighted by molar-refractivity contribution is 6.15. The Balaban J connectivity index is 1.80. The van der Waals surface area contributed by atoms with Crippen LogP contribution >= 0.6 is 0 Å². The molecule has 0 aromatic carbocycles. The van der Waals surface area contributed by atoms with Gasteiger partial charge >= 0.3 is 0 Å².